The van der Waals surface area contributed by atoms with E-state index in [-0.39, 0.29) is 22.6 Å². The number of carbonyl (C=O) groups is 1. The van der Waals surface area contributed by atoms with Crippen molar-refractivity contribution in [3.63, 3.8) is 0 Å². The van der Waals surface area contributed by atoms with Crippen molar-refractivity contribution in [2.75, 3.05) is 33.0 Å². The van der Waals surface area contributed by atoms with Crippen molar-refractivity contribution in [1.82, 2.24) is 24.3 Å². The minimum Gasteiger partial charge on any atom is -0.465 e. The SMILES string of the molecule is BC(O)(O)C(B)(O)Oc1cc(C(C)N2CC3(CCC3)c3c(CN(C)C)cc(Cn4ccnc4NC)cc3C2=O)ncc1C#N. The fourth-order valence-corrected chi connectivity index (χ4v) is 6.26. The highest BCUT2D eigenvalue weighted by atomic mass is 16.7. The number of anilines is 1. The van der Waals surface area contributed by atoms with Gasteiger partial charge >= 0.3 is 0 Å². The second kappa shape index (κ2) is 11.6. The number of carbonyl (C=O) groups excluding carboxylic acids is 1. The standard InChI is InChI=1S/C30H39B2N7O5/c1-18(23-12-24(21(13-33)14-36-23)44-30(32,43)29(31,41)42)39-17-28(6-5-7-28)25-20(16-37(3)4)10-19(11-22(25)26(39)40)15-38-9-8-35-27(38)34-2/h8-12,14,18,41-43H,5-7,15-17,31-32H2,1-4H3,(H,34,35). The van der Waals surface area contributed by atoms with Crippen LogP contribution in [0.5, 0.6) is 5.75 Å². The molecule has 230 valence electrons. The Kier molecular flexibility index (Phi) is 8.28. The van der Waals surface area contributed by atoms with Crippen molar-refractivity contribution in [3.05, 3.63) is 70.3 Å². The molecular formula is C30H39B2N7O5. The third-order valence-corrected chi connectivity index (χ3v) is 8.95. The minimum absolute atomic E-state index is 0.00895. The third kappa shape index (κ3) is 5.68. The molecule has 3 aromatic rings. The van der Waals surface area contributed by atoms with Crippen LogP contribution in [-0.2, 0) is 18.5 Å². The van der Waals surface area contributed by atoms with E-state index in [2.05, 4.69) is 26.3 Å². The van der Waals surface area contributed by atoms with Gasteiger partial charge in [0.05, 0.1) is 18.3 Å². The van der Waals surface area contributed by atoms with E-state index in [0.717, 1.165) is 57.6 Å². The molecule has 1 fully saturated rings. The van der Waals surface area contributed by atoms with Gasteiger partial charge in [0.2, 0.25) is 19.5 Å². The predicted octanol–water partition coefficient (Wildman–Crippen LogP) is -0.130. The van der Waals surface area contributed by atoms with Crippen molar-refractivity contribution in [3.8, 4) is 11.8 Å². The first-order valence-corrected chi connectivity index (χ1v) is 14.8. The fourth-order valence-electron chi connectivity index (χ4n) is 6.26. The van der Waals surface area contributed by atoms with E-state index in [0.29, 0.717) is 30.9 Å². The number of rotatable bonds is 10. The Bertz CT molecular complexity index is 1610. The molecule has 2 unspecified atom stereocenters. The van der Waals surface area contributed by atoms with Crippen molar-refractivity contribution in [2.45, 2.75) is 62.1 Å². The molecule has 1 saturated carbocycles. The Balaban J connectivity index is 1.56. The first-order chi connectivity index (χ1) is 20.7. The normalized spacial score (nSPS) is 17.9. The Morgan fingerprint density at radius 3 is 2.55 bits per heavy atom. The number of hydrogen-bond donors (Lipinski definition) is 4. The van der Waals surface area contributed by atoms with Crippen LogP contribution in [0.4, 0.5) is 5.95 Å². The minimum atomic E-state index is -2.61. The van der Waals surface area contributed by atoms with Crippen molar-refractivity contribution < 1.29 is 24.9 Å². The van der Waals surface area contributed by atoms with E-state index in [9.17, 15) is 25.4 Å². The van der Waals surface area contributed by atoms with Crippen molar-refractivity contribution in [1.29, 1.82) is 5.26 Å². The number of amides is 1. The summed E-state index contributed by atoms with van der Waals surface area (Å²) in [6.45, 7) is 3.65. The third-order valence-electron chi connectivity index (χ3n) is 8.95. The van der Waals surface area contributed by atoms with E-state index in [1.807, 2.05) is 55.9 Å². The Morgan fingerprint density at radius 1 is 1.23 bits per heavy atom. The lowest BCUT2D eigenvalue weighted by Crippen LogP contribution is -2.59. The van der Waals surface area contributed by atoms with Gasteiger partial charge in [-0.3, -0.25) is 9.78 Å². The molecular weight excluding hydrogens is 560 g/mol. The summed E-state index contributed by atoms with van der Waals surface area (Å²) in [5, 5.41) is 43.3. The van der Waals surface area contributed by atoms with Gasteiger partial charge in [-0.2, -0.15) is 5.26 Å². The van der Waals surface area contributed by atoms with Crippen LogP contribution in [0.3, 0.4) is 0 Å². The van der Waals surface area contributed by atoms with Crippen molar-refractivity contribution in [2.24, 2.45) is 0 Å². The highest BCUT2D eigenvalue weighted by Gasteiger charge is 2.50. The Morgan fingerprint density at radius 2 is 1.95 bits per heavy atom. The number of benzene rings is 1. The maximum atomic E-state index is 14.4. The van der Waals surface area contributed by atoms with Crippen LogP contribution in [-0.4, -0.2) is 100 Å². The fraction of sp³-hybridized carbons (Fsp3) is 0.467. The number of ether oxygens (including phenoxy) is 1. The maximum absolute atomic E-state index is 14.4. The quantitative estimate of drug-likeness (QED) is 0.183. The molecule has 14 heteroatoms. The molecule has 4 N–H and O–H groups in total. The van der Waals surface area contributed by atoms with Crippen LogP contribution >= 0.6 is 0 Å². The van der Waals surface area contributed by atoms with Gasteiger partial charge in [0.15, 0.2) is 13.5 Å². The highest BCUT2D eigenvalue weighted by molar-refractivity contribution is 6.23. The number of nitrogens with one attached hydrogen (secondary N) is 1. The van der Waals surface area contributed by atoms with Crippen LogP contribution < -0.4 is 10.1 Å². The van der Waals surface area contributed by atoms with Crippen molar-refractivity contribution >= 4 is 27.5 Å². The zero-order valence-corrected chi connectivity index (χ0v) is 26.1. The summed E-state index contributed by atoms with van der Waals surface area (Å²) < 4.78 is 7.54. The number of fused-ring (bicyclic) bond motifs is 2. The summed E-state index contributed by atoms with van der Waals surface area (Å²) in [7, 11) is 7.97. The van der Waals surface area contributed by atoms with E-state index >= 15 is 0 Å². The molecule has 0 bridgehead atoms. The van der Waals surface area contributed by atoms with E-state index < -0.39 is 17.4 Å². The summed E-state index contributed by atoms with van der Waals surface area (Å²) in [4.78, 5) is 27.2. The zero-order valence-electron chi connectivity index (χ0n) is 26.1. The number of nitrogens with zero attached hydrogens (tertiary/aromatic N) is 6. The van der Waals surface area contributed by atoms with E-state index in [4.69, 9.17) is 4.74 Å². The van der Waals surface area contributed by atoms with E-state index in [1.54, 1.807) is 6.20 Å². The lowest BCUT2D eigenvalue weighted by atomic mass is 9.60. The summed E-state index contributed by atoms with van der Waals surface area (Å²) in [5.41, 5.74) is -0.785. The average Bonchev–Trinajstić information content (AvgIpc) is 3.38. The number of nitriles is 1. The van der Waals surface area contributed by atoms with Crippen LogP contribution in [0.15, 0.2) is 36.8 Å². The zero-order chi connectivity index (χ0) is 32.0. The summed E-state index contributed by atoms with van der Waals surface area (Å²) in [5.74, 6) is 0.564. The molecule has 2 atom stereocenters. The van der Waals surface area contributed by atoms with Gasteiger partial charge in [0, 0.05) is 55.8 Å². The molecule has 1 aliphatic carbocycles. The largest absolute Gasteiger partial charge is 0.465 e. The molecule has 12 nitrogen and oxygen atoms in total. The monoisotopic (exact) mass is 599 g/mol. The molecule has 1 spiro atoms. The van der Waals surface area contributed by atoms with Gasteiger partial charge in [-0.1, -0.05) is 12.5 Å². The molecule has 0 saturated heterocycles. The molecule has 2 aliphatic rings. The lowest BCUT2D eigenvalue weighted by Gasteiger charge is -2.52. The highest BCUT2D eigenvalue weighted by Crippen LogP contribution is 2.51. The van der Waals surface area contributed by atoms with Gasteiger partial charge in [-0.05, 0) is 56.6 Å². The van der Waals surface area contributed by atoms with Gasteiger partial charge in [0.25, 0.3) is 5.91 Å². The lowest BCUT2D eigenvalue weighted by molar-refractivity contribution is -0.254. The first kappa shape index (κ1) is 31.5. The average molecular weight is 599 g/mol. The van der Waals surface area contributed by atoms with E-state index in [1.165, 1.54) is 12.3 Å². The number of hydrogen-bond acceptors (Lipinski definition) is 10. The topological polar surface area (TPSA) is 160 Å². The second-order valence-electron chi connectivity index (χ2n) is 12.6. The van der Waals surface area contributed by atoms with Gasteiger partial charge in [-0.15, -0.1) is 0 Å². The van der Waals surface area contributed by atoms with Crippen LogP contribution in [0, 0.1) is 11.3 Å². The number of aromatic nitrogens is 3. The predicted molar refractivity (Wildman–Crippen MR) is 168 cm³/mol. The number of pyridine rings is 1. The summed E-state index contributed by atoms with van der Waals surface area (Å²) >= 11 is 0. The molecule has 1 aromatic carbocycles. The molecule has 2 aromatic heterocycles. The smallest absolute Gasteiger partial charge is 0.254 e. The second-order valence-corrected chi connectivity index (χ2v) is 12.6. The van der Waals surface area contributed by atoms with Crippen LogP contribution in [0.2, 0.25) is 0 Å². The summed E-state index contributed by atoms with van der Waals surface area (Å²) in [6, 6.07) is 7.17. The Labute approximate surface area is 259 Å². The molecule has 5 rings (SSSR count). The Hall–Kier alpha value is -3.89. The molecule has 3 heterocycles. The summed E-state index contributed by atoms with van der Waals surface area (Å²) in [6.07, 6.45) is 7.96. The van der Waals surface area contributed by atoms with Gasteiger partial charge < -0.3 is 39.7 Å². The molecule has 0 radical (unpaired) electrons. The van der Waals surface area contributed by atoms with Gasteiger partial charge in [0.1, 0.15) is 17.4 Å². The molecule has 1 aliphatic heterocycles. The molecule has 44 heavy (non-hydrogen) atoms. The number of aliphatic hydroxyl groups is 3. The first-order valence-electron chi connectivity index (χ1n) is 14.8. The maximum Gasteiger partial charge on any atom is 0.254 e. The van der Waals surface area contributed by atoms with Crippen LogP contribution in [0.25, 0.3) is 0 Å². The molecule has 1 amide bonds. The van der Waals surface area contributed by atoms with Crippen LogP contribution in [0.1, 0.15) is 70.5 Å². The van der Waals surface area contributed by atoms with Gasteiger partial charge in [-0.25, -0.2) is 4.98 Å². The number of imidazole rings is 1.